The van der Waals surface area contributed by atoms with Crippen LogP contribution in [0.5, 0.6) is 0 Å². The highest BCUT2D eigenvalue weighted by molar-refractivity contribution is 5.55. The van der Waals surface area contributed by atoms with Crippen molar-refractivity contribution in [3.63, 3.8) is 0 Å². The molecule has 39 heavy (non-hydrogen) atoms. The van der Waals surface area contributed by atoms with Gasteiger partial charge in [-0.1, -0.05) is 26.2 Å². The van der Waals surface area contributed by atoms with Crippen LogP contribution < -0.4 is 5.32 Å². The number of aryl methyl sites for hydroxylation is 1. The van der Waals surface area contributed by atoms with Crippen LogP contribution in [0.1, 0.15) is 95.6 Å². The lowest BCUT2D eigenvalue weighted by Crippen LogP contribution is -2.49. The van der Waals surface area contributed by atoms with Gasteiger partial charge >= 0.3 is 6.18 Å². The van der Waals surface area contributed by atoms with E-state index < -0.39 is 23.7 Å². The fraction of sp³-hybridized carbons (Fsp3) is 0.781. The first-order valence-electron chi connectivity index (χ1n) is 15.2. The van der Waals surface area contributed by atoms with Gasteiger partial charge in [-0.15, -0.1) is 0 Å². The zero-order chi connectivity index (χ0) is 28.2. The zero-order valence-corrected chi connectivity index (χ0v) is 23.9. The molecule has 218 valence electrons. The first-order chi connectivity index (χ1) is 18.6. The van der Waals surface area contributed by atoms with Crippen LogP contribution in [0, 0.1) is 53.8 Å². The van der Waals surface area contributed by atoms with Crippen LogP contribution >= 0.6 is 0 Å². The van der Waals surface area contributed by atoms with Gasteiger partial charge in [0.1, 0.15) is 6.04 Å². The third-order valence-electron chi connectivity index (χ3n) is 10.4. The van der Waals surface area contributed by atoms with Gasteiger partial charge in [-0.3, -0.25) is 0 Å². The van der Waals surface area contributed by atoms with E-state index in [-0.39, 0.29) is 0 Å². The number of hydrogen-bond acceptors (Lipinski definition) is 4. The minimum absolute atomic E-state index is 0.429. The summed E-state index contributed by atoms with van der Waals surface area (Å²) in [6.07, 6.45) is 6.00. The van der Waals surface area contributed by atoms with Crippen molar-refractivity contribution < 1.29 is 23.0 Å². The Hall–Kier alpha value is -1.78. The molecular weight excluding hydrogens is 501 g/mol. The second-order valence-corrected chi connectivity index (χ2v) is 12.7. The molecule has 0 amide bonds. The van der Waals surface area contributed by atoms with Crippen molar-refractivity contribution in [2.75, 3.05) is 18.5 Å². The first kappa shape index (κ1) is 30.2. The molecule has 3 saturated carbocycles. The molecule has 0 saturated heterocycles. The number of nitrogens with one attached hydrogen (secondary N) is 1. The van der Waals surface area contributed by atoms with Gasteiger partial charge in [0.15, 0.2) is 0 Å². The Morgan fingerprint density at radius 1 is 1.13 bits per heavy atom. The van der Waals surface area contributed by atoms with Gasteiger partial charge in [-0.2, -0.15) is 18.4 Å². The Bertz CT molecular complexity index is 993. The highest BCUT2D eigenvalue weighted by Crippen LogP contribution is 2.55. The smallest absolute Gasteiger partial charge is 0.387 e. The summed E-state index contributed by atoms with van der Waals surface area (Å²) in [5.74, 6) is 2.43. The number of aliphatic hydroxyl groups is 1. The molecule has 0 bridgehead atoms. The minimum atomic E-state index is -4.35. The predicted octanol–water partition coefficient (Wildman–Crippen LogP) is 8.03. The SMILES string of the molecule is CCOC[C@@]1(O)CC[C@H]2[C@H](CC[C@H]3[C@H](CC[C@@H](CC)[C@H](Nc4ccc(C#N)cc4C)C(F)(F)F)CCC[C@@H]32)C1. The summed E-state index contributed by atoms with van der Waals surface area (Å²) in [5, 5.41) is 23.0. The van der Waals surface area contributed by atoms with Crippen molar-refractivity contribution in [1.29, 1.82) is 5.26 Å². The molecule has 0 spiro atoms. The zero-order valence-electron chi connectivity index (χ0n) is 23.9. The van der Waals surface area contributed by atoms with Crippen LogP contribution in [0.15, 0.2) is 18.2 Å². The summed E-state index contributed by atoms with van der Waals surface area (Å²) in [7, 11) is 0. The molecule has 4 rings (SSSR count). The number of rotatable bonds is 10. The Morgan fingerprint density at radius 2 is 1.92 bits per heavy atom. The van der Waals surface area contributed by atoms with Crippen LogP contribution in [0.3, 0.4) is 0 Å². The van der Waals surface area contributed by atoms with Crippen LogP contribution in [0.25, 0.3) is 0 Å². The van der Waals surface area contributed by atoms with Gasteiger partial charge < -0.3 is 15.2 Å². The average molecular weight is 549 g/mol. The van der Waals surface area contributed by atoms with E-state index in [4.69, 9.17) is 10.00 Å². The standard InChI is InChI=1S/C32H47F3N2O2/c1-4-23(30(32(33,34)35)37-29-14-9-22(19-36)17-21(29)3)10-11-24-7-6-8-28-26(24)13-12-25-18-31(38,20-39-5-2)16-15-27(25)28/h9,14,17,23-28,30,37-38H,4-8,10-13,15-16,18,20H2,1-3H3/t23-,24+,25-,26+,27+,28+,30+,31-/m1/s1. The van der Waals surface area contributed by atoms with Crippen LogP contribution in [-0.4, -0.2) is 36.1 Å². The van der Waals surface area contributed by atoms with Gasteiger partial charge in [0.05, 0.1) is 23.8 Å². The minimum Gasteiger partial charge on any atom is -0.387 e. The van der Waals surface area contributed by atoms with Crippen molar-refractivity contribution in [3.05, 3.63) is 29.3 Å². The maximum absolute atomic E-state index is 14.3. The highest BCUT2D eigenvalue weighted by Gasteiger charge is 2.49. The molecule has 4 nitrogen and oxygen atoms in total. The molecule has 0 aromatic heterocycles. The lowest BCUT2D eigenvalue weighted by molar-refractivity contribution is -0.154. The average Bonchev–Trinajstić information content (AvgIpc) is 2.91. The molecule has 0 unspecified atom stereocenters. The maximum atomic E-state index is 14.3. The van der Waals surface area contributed by atoms with E-state index in [2.05, 4.69) is 11.4 Å². The third-order valence-corrected chi connectivity index (χ3v) is 10.4. The predicted molar refractivity (Wildman–Crippen MR) is 148 cm³/mol. The summed E-state index contributed by atoms with van der Waals surface area (Å²) in [4.78, 5) is 0. The van der Waals surface area contributed by atoms with Gasteiger partial charge in [0.2, 0.25) is 0 Å². The van der Waals surface area contributed by atoms with E-state index in [0.29, 0.717) is 72.5 Å². The number of nitrogens with zero attached hydrogens (tertiary/aromatic N) is 1. The molecule has 1 aromatic carbocycles. The fourth-order valence-corrected chi connectivity index (χ4v) is 8.42. The number of ether oxygens (including phenoxy) is 1. The Labute approximate surface area is 232 Å². The molecular formula is C32H47F3N2O2. The summed E-state index contributed by atoms with van der Waals surface area (Å²) in [6.45, 7) is 6.64. The number of anilines is 1. The van der Waals surface area contributed by atoms with Gasteiger partial charge in [-0.05, 0) is 124 Å². The van der Waals surface area contributed by atoms with Crippen LogP contribution in [-0.2, 0) is 4.74 Å². The van der Waals surface area contributed by atoms with Gasteiger partial charge in [-0.25, -0.2) is 0 Å². The molecule has 0 heterocycles. The van der Waals surface area contributed by atoms with Crippen molar-refractivity contribution in [1.82, 2.24) is 0 Å². The largest absolute Gasteiger partial charge is 0.408 e. The number of benzene rings is 1. The van der Waals surface area contributed by atoms with E-state index in [1.165, 1.54) is 12.8 Å². The lowest BCUT2D eigenvalue weighted by atomic mass is 9.53. The van der Waals surface area contributed by atoms with Gasteiger partial charge in [0.25, 0.3) is 0 Å². The molecule has 8 atom stereocenters. The molecule has 3 fully saturated rings. The van der Waals surface area contributed by atoms with Gasteiger partial charge in [0, 0.05) is 12.3 Å². The van der Waals surface area contributed by atoms with Crippen molar-refractivity contribution in [2.24, 2.45) is 35.5 Å². The number of alkyl halides is 3. The second-order valence-electron chi connectivity index (χ2n) is 12.7. The lowest BCUT2D eigenvalue weighted by Gasteiger charge is -2.53. The number of fused-ring (bicyclic) bond motifs is 3. The number of halogens is 3. The number of hydrogen-bond donors (Lipinski definition) is 2. The van der Waals surface area contributed by atoms with E-state index in [1.54, 1.807) is 25.1 Å². The van der Waals surface area contributed by atoms with Crippen molar-refractivity contribution in [3.8, 4) is 6.07 Å². The molecule has 3 aliphatic carbocycles. The van der Waals surface area contributed by atoms with E-state index in [1.807, 2.05) is 13.8 Å². The van der Waals surface area contributed by atoms with E-state index in [0.717, 1.165) is 44.9 Å². The Morgan fingerprint density at radius 3 is 2.59 bits per heavy atom. The van der Waals surface area contributed by atoms with Crippen molar-refractivity contribution >= 4 is 5.69 Å². The molecule has 7 heteroatoms. The number of nitriles is 1. The Balaban J connectivity index is 1.40. The van der Waals surface area contributed by atoms with Crippen LogP contribution in [0.4, 0.5) is 18.9 Å². The molecule has 3 aliphatic rings. The first-order valence-corrected chi connectivity index (χ1v) is 15.2. The monoisotopic (exact) mass is 548 g/mol. The summed E-state index contributed by atoms with van der Waals surface area (Å²) < 4.78 is 48.6. The van der Waals surface area contributed by atoms with E-state index in [9.17, 15) is 18.3 Å². The summed E-state index contributed by atoms with van der Waals surface area (Å²) >= 11 is 0. The second kappa shape index (κ2) is 12.8. The molecule has 2 N–H and O–H groups in total. The topological polar surface area (TPSA) is 65.3 Å². The summed E-state index contributed by atoms with van der Waals surface area (Å²) in [5.41, 5.74) is 0.865. The third kappa shape index (κ3) is 7.11. The maximum Gasteiger partial charge on any atom is 0.408 e. The fourth-order valence-electron chi connectivity index (χ4n) is 8.42. The van der Waals surface area contributed by atoms with Crippen LogP contribution in [0.2, 0.25) is 0 Å². The Kier molecular flexibility index (Phi) is 9.92. The van der Waals surface area contributed by atoms with E-state index >= 15 is 0 Å². The molecule has 0 aliphatic heterocycles. The molecule has 1 aromatic rings. The van der Waals surface area contributed by atoms with Crippen molar-refractivity contribution in [2.45, 2.75) is 109 Å². The molecule has 0 radical (unpaired) electrons. The highest BCUT2D eigenvalue weighted by atomic mass is 19.4. The quantitative estimate of drug-likeness (QED) is 0.311. The normalized spacial score (nSPS) is 32.4. The summed E-state index contributed by atoms with van der Waals surface area (Å²) in [6, 6.07) is 5.26.